The fourth-order valence-electron chi connectivity index (χ4n) is 5.58. The summed E-state index contributed by atoms with van der Waals surface area (Å²) in [5.41, 5.74) is 14.7. The number of benzene rings is 4. The minimum atomic E-state index is 0.695. The van der Waals surface area contributed by atoms with Gasteiger partial charge in [0.05, 0.1) is 0 Å². The Morgan fingerprint density at radius 1 is 0.378 bits per heavy atom. The molecule has 37 heavy (non-hydrogen) atoms. The van der Waals surface area contributed by atoms with Crippen LogP contribution in [0.15, 0.2) is 72.8 Å². The molecule has 0 saturated carbocycles. The maximum Gasteiger partial charge on any atom is 0.163 e. The molecule has 0 amide bonds. The van der Waals surface area contributed by atoms with Gasteiger partial charge in [0, 0.05) is 11.1 Å². The average molecular weight is 484 g/mol. The Balaban J connectivity index is 1.47. The van der Waals surface area contributed by atoms with Crippen LogP contribution in [0.3, 0.4) is 0 Å². The molecule has 0 aliphatic heterocycles. The fraction of sp³-hybridized carbons (Fsp3) is 0.206. The van der Waals surface area contributed by atoms with Gasteiger partial charge in [-0.1, -0.05) is 83.9 Å². The van der Waals surface area contributed by atoms with Crippen LogP contribution in [0.1, 0.15) is 39.2 Å². The lowest BCUT2D eigenvalue weighted by Crippen LogP contribution is -1.99. The Morgan fingerprint density at radius 3 is 1.00 bits per heavy atom. The lowest BCUT2D eigenvalue weighted by Gasteiger charge is -2.13. The monoisotopic (exact) mass is 483 g/mol. The largest absolute Gasteiger partial charge is 0.213 e. The first-order chi connectivity index (χ1) is 17.7. The van der Waals surface area contributed by atoms with Gasteiger partial charge in [-0.05, 0) is 93.0 Å². The predicted molar refractivity (Wildman–Crippen MR) is 155 cm³/mol. The van der Waals surface area contributed by atoms with Gasteiger partial charge in [-0.3, -0.25) is 0 Å². The van der Waals surface area contributed by atoms with Crippen LogP contribution in [-0.4, -0.2) is 15.0 Å². The van der Waals surface area contributed by atoms with Gasteiger partial charge in [0.15, 0.2) is 11.6 Å². The Hall–Kier alpha value is -4.11. The molecule has 0 saturated heterocycles. The molecule has 3 nitrogen and oxygen atoms in total. The Bertz CT molecular complexity index is 1450. The summed E-state index contributed by atoms with van der Waals surface area (Å²) in [7, 11) is 0. The van der Waals surface area contributed by atoms with Gasteiger partial charge in [0.25, 0.3) is 0 Å². The van der Waals surface area contributed by atoms with Crippen molar-refractivity contribution in [3.05, 3.63) is 112 Å². The first-order valence-corrected chi connectivity index (χ1v) is 12.8. The molecule has 4 aromatic carbocycles. The highest BCUT2D eigenvalue weighted by atomic mass is 15.0. The third kappa shape index (κ3) is 4.95. The first-order valence-electron chi connectivity index (χ1n) is 12.8. The van der Waals surface area contributed by atoms with Crippen molar-refractivity contribution in [2.24, 2.45) is 0 Å². The highest BCUT2D eigenvalue weighted by molar-refractivity contribution is 5.75. The third-order valence-electron chi connectivity index (χ3n) is 6.96. The van der Waals surface area contributed by atoms with Crippen LogP contribution < -0.4 is 0 Å². The molecular weight excluding hydrogens is 450 g/mol. The van der Waals surface area contributed by atoms with Gasteiger partial charge >= 0.3 is 0 Å². The summed E-state index contributed by atoms with van der Waals surface area (Å²) in [5, 5.41) is 0. The van der Waals surface area contributed by atoms with E-state index in [1.54, 1.807) is 0 Å². The molecule has 0 N–H and O–H groups in total. The predicted octanol–water partition coefficient (Wildman–Crippen LogP) is 8.70. The van der Waals surface area contributed by atoms with E-state index in [4.69, 9.17) is 4.98 Å². The van der Waals surface area contributed by atoms with Crippen molar-refractivity contribution in [2.45, 2.75) is 48.5 Å². The summed E-state index contributed by atoms with van der Waals surface area (Å²) >= 11 is 0. The van der Waals surface area contributed by atoms with E-state index in [1.165, 1.54) is 55.6 Å². The van der Waals surface area contributed by atoms with Crippen molar-refractivity contribution in [3.8, 4) is 45.0 Å². The van der Waals surface area contributed by atoms with E-state index >= 15 is 0 Å². The minimum absolute atomic E-state index is 0.695. The van der Waals surface area contributed by atoms with Gasteiger partial charge in [-0.25, -0.2) is 15.0 Å². The molecule has 3 heteroatoms. The molecule has 1 aromatic heterocycles. The van der Waals surface area contributed by atoms with E-state index in [2.05, 4.69) is 124 Å². The number of hydrogen-bond donors (Lipinski definition) is 0. The van der Waals surface area contributed by atoms with Crippen LogP contribution in [0.5, 0.6) is 0 Å². The second kappa shape index (κ2) is 9.74. The summed E-state index contributed by atoms with van der Waals surface area (Å²) in [6.07, 6.45) is 0. The van der Waals surface area contributed by atoms with Crippen LogP contribution in [0.25, 0.3) is 45.0 Å². The number of nitrogens with zero attached hydrogens (tertiary/aromatic N) is 3. The molecule has 0 fully saturated rings. The first kappa shape index (κ1) is 24.6. The molecule has 0 unspecified atom stereocenters. The van der Waals surface area contributed by atoms with E-state index in [-0.39, 0.29) is 0 Å². The van der Waals surface area contributed by atoms with Gasteiger partial charge in [0.1, 0.15) is 5.82 Å². The molecule has 0 spiro atoms. The summed E-state index contributed by atoms with van der Waals surface area (Å²) in [4.78, 5) is 14.2. The van der Waals surface area contributed by atoms with Crippen LogP contribution >= 0.6 is 0 Å². The minimum Gasteiger partial charge on any atom is -0.213 e. The molecule has 0 bridgehead atoms. The van der Waals surface area contributed by atoms with Crippen molar-refractivity contribution < 1.29 is 0 Å². The van der Waals surface area contributed by atoms with Crippen LogP contribution in [0, 0.1) is 48.5 Å². The fourth-order valence-corrected chi connectivity index (χ4v) is 5.58. The quantitative estimate of drug-likeness (QED) is 0.257. The number of aryl methyl sites for hydroxylation is 7. The summed E-state index contributed by atoms with van der Waals surface area (Å²) < 4.78 is 0. The Labute approximate surface area is 220 Å². The van der Waals surface area contributed by atoms with Crippen molar-refractivity contribution >= 4 is 0 Å². The van der Waals surface area contributed by atoms with Crippen molar-refractivity contribution in [3.63, 3.8) is 0 Å². The number of hydrogen-bond acceptors (Lipinski definition) is 3. The molecule has 0 atom stereocenters. The van der Waals surface area contributed by atoms with Gasteiger partial charge < -0.3 is 0 Å². The highest BCUT2D eigenvalue weighted by Crippen LogP contribution is 2.32. The summed E-state index contributed by atoms with van der Waals surface area (Å²) in [5.74, 6) is 2.10. The standard InChI is InChI=1S/C34H33N3/c1-20-16-22(3)31(23(4)17-20)27-8-12-29(13-9-27)33-35-26(7)36-34(37-33)30-14-10-28(11-15-30)32-24(5)18-21(2)19-25(32)6/h8-19H,1-7H3. The highest BCUT2D eigenvalue weighted by Gasteiger charge is 2.12. The normalized spacial score (nSPS) is 11.1. The second-order valence-electron chi connectivity index (χ2n) is 10.2. The molecule has 0 aliphatic carbocycles. The van der Waals surface area contributed by atoms with E-state index in [9.17, 15) is 0 Å². The third-order valence-corrected chi connectivity index (χ3v) is 6.96. The zero-order valence-corrected chi connectivity index (χ0v) is 22.8. The topological polar surface area (TPSA) is 38.7 Å². The lowest BCUT2D eigenvalue weighted by molar-refractivity contribution is 0.992. The molecule has 0 aliphatic rings. The van der Waals surface area contributed by atoms with Gasteiger partial charge in [-0.2, -0.15) is 0 Å². The SMILES string of the molecule is Cc1cc(C)c(-c2ccc(-c3nc(C)nc(-c4ccc(-c5c(C)cc(C)cc5C)cc4)n3)cc2)c(C)c1. The second-order valence-corrected chi connectivity index (χ2v) is 10.2. The van der Waals surface area contributed by atoms with Gasteiger partial charge in [0.2, 0.25) is 0 Å². The molecule has 184 valence electrons. The lowest BCUT2D eigenvalue weighted by atomic mass is 9.93. The average Bonchev–Trinajstić information content (AvgIpc) is 2.83. The van der Waals surface area contributed by atoms with Crippen LogP contribution in [0.4, 0.5) is 0 Å². The smallest absolute Gasteiger partial charge is 0.163 e. The molecule has 1 heterocycles. The van der Waals surface area contributed by atoms with E-state index in [0.29, 0.717) is 17.5 Å². The molecule has 5 aromatic rings. The number of aromatic nitrogens is 3. The maximum atomic E-state index is 4.85. The zero-order valence-electron chi connectivity index (χ0n) is 22.8. The number of rotatable bonds is 4. The molecule has 5 rings (SSSR count). The summed E-state index contributed by atoms with van der Waals surface area (Å²) in [6, 6.07) is 26.1. The van der Waals surface area contributed by atoms with Crippen molar-refractivity contribution in [1.29, 1.82) is 0 Å². The van der Waals surface area contributed by atoms with Crippen LogP contribution in [0.2, 0.25) is 0 Å². The van der Waals surface area contributed by atoms with E-state index < -0.39 is 0 Å². The van der Waals surface area contributed by atoms with E-state index in [0.717, 1.165) is 11.1 Å². The summed E-state index contributed by atoms with van der Waals surface area (Å²) in [6.45, 7) is 14.9. The Kier molecular flexibility index (Phi) is 6.47. The Morgan fingerprint density at radius 2 is 0.676 bits per heavy atom. The maximum absolute atomic E-state index is 4.85. The van der Waals surface area contributed by atoms with E-state index in [1.807, 2.05) is 6.92 Å². The van der Waals surface area contributed by atoms with Crippen molar-refractivity contribution in [2.75, 3.05) is 0 Å². The van der Waals surface area contributed by atoms with Crippen molar-refractivity contribution in [1.82, 2.24) is 15.0 Å². The molecule has 0 radical (unpaired) electrons. The van der Waals surface area contributed by atoms with Gasteiger partial charge in [-0.15, -0.1) is 0 Å². The molecular formula is C34H33N3. The zero-order chi connectivity index (χ0) is 26.3. The van der Waals surface area contributed by atoms with Crippen LogP contribution in [-0.2, 0) is 0 Å².